The zero-order valence-corrected chi connectivity index (χ0v) is 26.7. The Morgan fingerprint density at radius 2 is 1.54 bits per heavy atom. The number of amides is 2. The Morgan fingerprint density at radius 3 is 2.07 bits per heavy atom. The van der Waals surface area contributed by atoms with Gasteiger partial charge in [0.1, 0.15) is 12.6 Å². The molecule has 0 bridgehead atoms. The van der Waals surface area contributed by atoms with Gasteiger partial charge in [-0.2, -0.15) is 0 Å². The molecule has 41 heavy (non-hydrogen) atoms. The summed E-state index contributed by atoms with van der Waals surface area (Å²) in [6, 6.07) is 16.6. The Balaban J connectivity index is 2.14. The second-order valence-electron chi connectivity index (χ2n) is 10.6. The number of rotatable bonds is 10. The molecule has 0 heterocycles. The van der Waals surface area contributed by atoms with Crippen LogP contribution in [-0.2, 0) is 26.2 Å². The summed E-state index contributed by atoms with van der Waals surface area (Å²) in [5.41, 5.74) is 0.730. The summed E-state index contributed by atoms with van der Waals surface area (Å²) in [6.45, 7) is 8.33. The SMILES string of the molecule is CC[C@H](C(=O)NC(C)(C)C)N(Cc1c(Cl)cccc1Cl)C(=O)CN(c1ccc(Cl)cc1C)S(=O)(=O)c1ccccc1. The van der Waals surface area contributed by atoms with Crippen LogP contribution in [0.25, 0.3) is 0 Å². The minimum atomic E-state index is -4.20. The Bertz CT molecular complexity index is 1490. The fourth-order valence-corrected chi connectivity index (χ4v) is 6.60. The van der Waals surface area contributed by atoms with Crippen molar-refractivity contribution in [1.82, 2.24) is 10.2 Å². The van der Waals surface area contributed by atoms with E-state index in [1.165, 1.54) is 17.0 Å². The van der Waals surface area contributed by atoms with Gasteiger partial charge in [0.2, 0.25) is 11.8 Å². The molecule has 0 saturated heterocycles. The lowest BCUT2D eigenvalue weighted by atomic mass is 10.1. The lowest BCUT2D eigenvalue weighted by Crippen LogP contribution is -2.55. The Hall–Kier alpha value is -2.78. The molecule has 0 spiro atoms. The molecule has 0 saturated carbocycles. The van der Waals surface area contributed by atoms with Gasteiger partial charge < -0.3 is 10.2 Å². The minimum absolute atomic E-state index is 0.0142. The minimum Gasteiger partial charge on any atom is -0.350 e. The van der Waals surface area contributed by atoms with Crippen LogP contribution in [0, 0.1) is 6.92 Å². The quantitative estimate of drug-likeness (QED) is 0.263. The summed E-state index contributed by atoms with van der Waals surface area (Å²) in [5, 5.41) is 4.00. The first-order valence-electron chi connectivity index (χ1n) is 13.0. The van der Waals surface area contributed by atoms with Gasteiger partial charge in [-0.1, -0.05) is 66.0 Å². The molecule has 0 aliphatic carbocycles. The molecule has 220 valence electrons. The molecule has 7 nitrogen and oxygen atoms in total. The number of halogens is 3. The lowest BCUT2D eigenvalue weighted by molar-refractivity contribution is -0.141. The first-order valence-corrected chi connectivity index (χ1v) is 15.6. The first kappa shape index (κ1) is 32.7. The van der Waals surface area contributed by atoms with E-state index in [-0.39, 0.29) is 29.5 Å². The number of benzene rings is 3. The van der Waals surface area contributed by atoms with E-state index in [1.54, 1.807) is 68.4 Å². The van der Waals surface area contributed by atoms with Gasteiger partial charge in [-0.15, -0.1) is 0 Å². The number of carbonyl (C=O) groups excluding carboxylic acids is 2. The van der Waals surface area contributed by atoms with E-state index in [4.69, 9.17) is 34.8 Å². The summed E-state index contributed by atoms with van der Waals surface area (Å²) in [7, 11) is -4.20. The van der Waals surface area contributed by atoms with Crippen LogP contribution >= 0.6 is 34.8 Å². The summed E-state index contributed by atoms with van der Waals surface area (Å²) >= 11 is 19.1. The van der Waals surface area contributed by atoms with Gasteiger partial charge >= 0.3 is 0 Å². The van der Waals surface area contributed by atoms with E-state index in [0.29, 0.717) is 26.2 Å². The van der Waals surface area contributed by atoms with E-state index in [9.17, 15) is 18.0 Å². The predicted molar refractivity (Wildman–Crippen MR) is 166 cm³/mol. The largest absolute Gasteiger partial charge is 0.350 e. The summed E-state index contributed by atoms with van der Waals surface area (Å²) in [6.07, 6.45) is 0.265. The zero-order valence-electron chi connectivity index (χ0n) is 23.6. The standard InChI is InChI=1S/C30H34Cl3N3O4S/c1-6-26(29(38)34-30(3,4)5)35(18-23-24(32)13-10-14-25(23)33)28(37)19-36(27-16-15-21(31)17-20(27)2)41(39,40)22-11-8-7-9-12-22/h7-17,26H,6,18-19H2,1-5H3,(H,34,38)/t26-/m1/s1. The summed E-state index contributed by atoms with van der Waals surface area (Å²) < 4.78 is 29.0. The normalized spacial score (nSPS) is 12.5. The fraction of sp³-hybridized carbons (Fsp3) is 0.333. The second-order valence-corrected chi connectivity index (χ2v) is 13.8. The number of sulfonamides is 1. The number of hydrogen-bond donors (Lipinski definition) is 1. The van der Waals surface area contributed by atoms with Crippen LogP contribution in [0.3, 0.4) is 0 Å². The molecular formula is C30H34Cl3N3O4S. The van der Waals surface area contributed by atoms with Crippen molar-refractivity contribution in [2.75, 3.05) is 10.8 Å². The molecule has 0 unspecified atom stereocenters. The first-order chi connectivity index (χ1) is 19.2. The third kappa shape index (κ3) is 8.16. The molecule has 0 aliphatic heterocycles. The van der Waals surface area contributed by atoms with Crippen LogP contribution in [0.15, 0.2) is 71.6 Å². The molecular weight excluding hydrogens is 605 g/mol. The van der Waals surface area contributed by atoms with Crippen molar-refractivity contribution in [3.05, 3.63) is 92.9 Å². The highest BCUT2D eigenvalue weighted by molar-refractivity contribution is 7.92. The number of anilines is 1. The van der Waals surface area contributed by atoms with Gasteiger partial charge in [0.15, 0.2) is 0 Å². The van der Waals surface area contributed by atoms with Gasteiger partial charge in [-0.05, 0) is 82.1 Å². The fourth-order valence-electron chi connectivity index (χ4n) is 4.36. The Morgan fingerprint density at radius 1 is 0.927 bits per heavy atom. The maximum Gasteiger partial charge on any atom is 0.264 e. The smallest absolute Gasteiger partial charge is 0.264 e. The lowest BCUT2D eigenvalue weighted by Gasteiger charge is -2.35. The van der Waals surface area contributed by atoms with E-state index >= 15 is 0 Å². The molecule has 0 fully saturated rings. The average Bonchev–Trinajstić information content (AvgIpc) is 2.88. The monoisotopic (exact) mass is 637 g/mol. The van der Waals surface area contributed by atoms with Crippen molar-refractivity contribution in [2.45, 2.75) is 64.1 Å². The molecule has 1 N–H and O–H groups in total. The molecule has 0 radical (unpaired) electrons. The third-order valence-corrected chi connectivity index (χ3v) is 9.03. The van der Waals surface area contributed by atoms with E-state index < -0.39 is 34.1 Å². The van der Waals surface area contributed by atoms with Crippen molar-refractivity contribution in [1.29, 1.82) is 0 Å². The topological polar surface area (TPSA) is 86.8 Å². The van der Waals surface area contributed by atoms with Crippen LogP contribution in [0.4, 0.5) is 5.69 Å². The van der Waals surface area contributed by atoms with Crippen molar-refractivity contribution in [2.24, 2.45) is 0 Å². The van der Waals surface area contributed by atoms with Crippen LogP contribution in [0.5, 0.6) is 0 Å². The van der Waals surface area contributed by atoms with Crippen molar-refractivity contribution < 1.29 is 18.0 Å². The maximum atomic E-state index is 14.2. The number of nitrogens with one attached hydrogen (secondary N) is 1. The zero-order chi connectivity index (χ0) is 30.5. The molecule has 3 aromatic rings. The molecule has 11 heteroatoms. The van der Waals surface area contributed by atoms with Gasteiger partial charge in [0.05, 0.1) is 10.6 Å². The molecule has 0 aliphatic rings. The highest BCUT2D eigenvalue weighted by atomic mass is 35.5. The van der Waals surface area contributed by atoms with Gasteiger partial charge in [0.25, 0.3) is 10.0 Å². The second kappa shape index (κ2) is 13.5. The Kier molecular flexibility index (Phi) is 10.7. The van der Waals surface area contributed by atoms with Crippen LogP contribution in [0.2, 0.25) is 15.1 Å². The van der Waals surface area contributed by atoms with E-state index in [1.807, 2.05) is 20.8 Å². The number of hydrogen-bond acceptors (Lipinski definition) is 4. The van der Waals surface area contributed by atoms with E-state index in [2.05, 4.69) is 5.32 Å². The molecule has 2 amide bonds. The highest BCUT2D eigenvalue weighted by Gasteiger charge is 2.35. The number of aryl methyl sites for hydroxylation is 1. The molecule has 0 aromatic heterocycles. The van der Waals surface area contributed by atoms with Gasteiger partial charge in [-0.25, -0.2) is 8.42 Å². The molecule has 3 rings (SSSR count). The van der Waals surface area contributed by atoms with Gasteiger partial charge in [-0.3, -0.25) is 13.9 Å². The maximum absolute atomic E-state index is 14.2. The van der Waals surface area contributed by atoms with Crippen LogP contribution in [0.1, 0.15) is 45.2 Å². The summed E-state index contributed by atoms with van der Waals surface area (Å²) in [5.74, 6) is -0.984. The van der Waals surface area contributed by atoms with Crippen molar-refractivity contribution in [3.8, 4) is 0 Å². The Labute approximate surface area is 257 Å². The third-order valence-electron chi connectivity index (χ3n) is 6.31. The predicted octanol–water partition coefficient (Wildman–Crippen LogP) is 6.87. The molecule has 3 aromatic carbocycles. The highest BCUT2D eigenvalue weighted by Crippen LogP contribution is 2.31. The summed E-state index contributed by atoms with van der Waals surface area (Å²) in [4.78, 5) is 29.0. The average molecular weight is 639 g/mol. The van der Waals surface area contributed by atoms with Gasteiger partial charge in [0, 0.05) is 32.7 Å². The number of nitrogens with zero attached hydrogens (tertiary/aromatic N) is 2. The molecule has 1 atom stereocenters. The van der Waals surface area contributed by atoms with Crippen LogP contribution < -0.4 is 9.62 Å². The van der Waals surface area contributed by atoms with Crippen molar-refractivity contribution in [3.63, 3.8) is 0 Å². The van der Waals surface area contributed by atoms with Crippen LogP contribution in [-0.4, -0.2) is 43.3 Å². The number of carbonyl (C=O) groups is 2. The van der Waals surface area contributed by atoms with Crippen molar-refractivity contribution >= 4 is 62.3 Å². The van der Waals surface area contributed by atoms with E-state index in [0.717, 1.165) is 4.31 Å².